The molecule has 0 saturated carbocycles. The third-order valence-corrected chi connectivity index (χ3v) is 5.73. The highest BCUT2D eigenvalue weighted by Crippen LogP contribution is 2.30. The van der Waals surface area contributed by atoms with E-state index in [9.17, 15) is 5.11 Å². The summed E-state index contributed by atoms with van der Waals surface area (Å²) in [7, 11) is 1.99. The van der Waals surface area contributed by atoms with Gasteiger partial charge in [-0.3, -0.25) is 9.88 Å². The number of aryl methyl sites for hydroxylation is 1. The van der Waals surface area contributed by atoms with Crippen LogP contribution in [-0.2, 0) is 6.54 Å². The molecule has 4 aromatic heterocycles. The average Bonchev–Trinajstić information content (AvgIpc) is 3.47. The normalized spacial score (nSPS) is 12.5. The first-order valence-electron chi connectivity index (χ1n) is 10.8. The first kappa shape index (κ1) is 21.0. The van der Waals surface area contributed by atoms with Crippen LogP contribution >= 0.6 is 0 Å². The number of nitrogens with zero attached hydrogens (tertiary/aromatic N) is 6. The summed E-state index contributed by atoms with van der Waals surface area (Å²) in [6.45, 7) is 2.52. The van der Waals surface area contributed by atoms with Crippen molar-refractivity contribution in [1.82, 2.24) is 34.4 Å². The number of fused-ring (bicyclic) bond motifs is 1. The zero-order valence-corrected chi connectivity index (χ0v) is 18.6. The average molecular weight is 440 g/mol. The Morgan fingerprint density at radius 3 is 2.67 bits per heavy atom. The summed E-state index contributed by atoms with van der Waals surface area (Å²) in [5, 5.41) is 14.3. The molecule has 0 amide bonds. The van der Waals surface area contributed by atoms with Gasteiger partial charge in [-0.15, -0.1) is 0 Å². The molecule has 33 heavy (non-hydrogen) atoms. The summed E-state index contributed by atoms with van der Waals surface area (Å²) in [6, 6.07) is 19.7. The zero-order valence-electron chi connectivity index (χ0n) is 18.6. The maximum absolute atomic E-state index is 10.1. The lowest BCUT2D eigenvalue weighted by atomic mass is 10.1. The highest BCUT2D eigenvalue weighted by Gasteiger charge is 2.21. The van der Waals surface area contributed by atoms with E-state index in [4.69, 9.17) is 9.97 Å². The molecule has 0 spiro atoms. The summed E-state index contributed by atoms with van der Waals surface area (Å²) in [4.78, 5) is 19.5. The molecule has 8 heteroatoms. The van der Waals surface area contributed by atoms with E-state index in [2.05, 4.69) is 20.0 Å². The number of hydrogen-bond acceptors (Lipinski definition) is 6. The van der Waals surface area contributed by atoms with Gasteiger partial charge in [-0.25, -0.2) is 14.5 Å². The number of benzene rings is 1. The fourth-order valence-corrected chi connectivity index (χ4v) is 4.05. The highest BCUT2D eigenvalue weighted by molar-refractivity contribution is 5.77. The van der Waals surface area contributed by atoms with Crippen molar-refractivity contribution in [3.8, 4) is 22.6 Å². The van der Waals surface area contributed by atoms with Gasteiger partial charge in [0.15, 0.2) is 5.65 Å². The van der Waals surface area contributed by atoms with Gasteiger partial charge in [0, 0.05) is 17.5 Å². The summed E-state index contributed by atoms with van der Waals surface area (Å²) >= 11 is 0. The first-order chi connectivity index (χ1) is 16.1. The van der Waals surface area contributed by atoms with Gasteiger partial charge in [0.1, 0.15) is 12.2 Å². The molecular formula is C25H25N7O. The van der Waals surface area contributed by atoms with E-state index in [1.54, 1.807) is 4.52 Å². The van der Waals surface area contributed by atoms with Crippen LogP contribution in [0.4, 0.5) is 0 Å². The third-order valence-electron chi connectivity index (χ3n) is 5.73. The van der Waals surface area contributed by atoms with E-state index in [1.807, 2.05) is 80.8 Å². The Morgan fingerprint density at radius 2 is 1.88 bits per heavy atom. The predicted molar refractivity (Wildman–Crippen MR) is 126 cm³/mol. The summed E-state index contributed by atoms with van der Waals surface area (Å²) in [5.74, 6) is 0.791. The van der Waals surface area contributed by atoms with Crippen molar-refractivity contribution >= 4 is 5.65 Å². The highest BCUT2D eigenvalue weighted by atomic mass is 16.3. The molecule has 166 valence electrons. The number of aromatic nitrogens is 6. The smallest absolute Gasteiger partial charge is 0.155 e. The Kier molecular flexibility index (Phi) is 5.68. The molecule has 4 heterocycles. The monoisotopic (exact) mass is 439 g/mol. The van der Waals surface area contributed by atoms with Crippen molar-refractivity contribution in [1.29, 1.82) is 0 Å². The Hall–Kier alpha value is -3.88. The van der Waals surface area contributed by atoms with Gasteiger partial charge in [0.05, 0.1) is 36.3 Å². The second kappa shape index (κ2) is 8.93. The van der Waals surface area contributed by atoms with Gasteiger partial charge in [0.2, 0.25) is 0 Å². The molecule has 0 aliphatic heterocycles. The molecule has 0 fully saturated rings. The fourth-order valence-electron chi connectivity index (χ4n) is 4.05. The number of rotatable bonds is 7. The SMILES string of the molecule is Cc1cccc(-c2[nH]c(CN(C)[C@H](CO)c3ccccc3)nc2-c2ccc3ncnn3c2)n1. The van der Waals surface area contributed by atoms with E-state index in [1.165, 1.54) is 6.33 Å². The van der Waals surface area contributed by atoms with Crippen LogP contribution in [0.1, 0.15) is 23.1 Å². The third kappa shape index (κ3) is 4.26. The number of aromatic amines is 1. The standard InChI is InChI=1S/C25H25N7O/c1-17-7-6-10-20(28-17)25-24(19-11-12-23-26-16-27-32(23)13-19)29-22(30-25)14-31(2)21(15-33)18-8-4-3-5-9-18/h3-13,16,21,33H,14-15H2,1-2H3,(H,29,30)/t21-/m1/s1. The molecule has 2 N–H and O–H groups in total. The van der Waals surface area contributed by atoms with Gasteiger partial charge >= 0.3 is 0 Å². The Bertz CT molecular complexity index is 1380. The molecule has 0 bridgehead atoms. The molecule has 1 atom stereocenters. The number of aliphatic hydroxyl groups excluding tert-OH is 1. The van der Waals surface area contributed by atoms with E-state index in [-0.39, 0.29) is 12.6 Å². The summed E-state index contributed by atoms with van der Waals surface area (Å²) in [6.07, 6.45) is 3.46. The van der Waals surface area contributed by atoms with Crippen LogP contribution in [-0.4, -0.2) is 53.2 Å². The van der Waals surface area contributed by atoms with Crippen LogP contribution in [0.2, 0.25) is 0 Å². The van der Waals surface area contributed by atoms with Crippen molar-refractivity contribution in [2.24, 2.45) is 0 Å². The lowest BCUT2D eigenvalue weighted by Gasteiger charge is -2.26. The number of nitrogens with one attached hydrogen (secondary N) is 1. The maximum Gasteiger partial charge on any atom is 0.155 e. The topological polar surface area (TPSA) is 95.2 Å². The molecule has 0 aliphatic carbocycles. The van der Waals surface area contributed by atoms with Crippen molar-refractivity contribution in [3.05, 3.63) is 90.3 Å². The molecule has 0 aliphatic rings. The molecule has 8 nitrogen and oxygen atoms in total. The molecule has 0 saturated heterocycles. The van der Waals surface area contributed by atoms with E-state index >= 15 is 0 Å². The number of imidazole rings is 1. The van der Waals surface area contributed by atoms with Gasteiger partial charge in [0.25, 0.3) is 0 Å². The maximum atomic E-state index is 10.1. The molecule has 0 radical (unpaired) electrons. The lowest BCUT2D eigenvalue weighted by Crippen LogP contribution is -2.27. The number of pyridine rings is 2. The second-order valence-electron chi connectivity index (χ2n) is 8.08. The Morgan fingerprint density at radius 1 is 1.03 bits per heavy atom. The van der Waals surface area contributed by atoms with Gasteiger partial charge in [-0.2, -0.15) is 5.10 Å². The summed E-state index contributed by atoms with van der Waals surface area (Å²) in [5.41, 5.74) is 6.16. The van der Waals surface area contributed by atoms with Crippen molar-refractivity contribution < 1.29 is 5.11 Å². The van der Waals surface area contributed by atoms with Crippen molar-refractivity contribution in [2.75, 3.05) is 13.7 Å². The van der Waals surface area contributed by atoms with Crippen LogP contribution < -0.4 is 0 Å². The van der Waals surface area contributed by atoms with E-state index in [0.29, 0.717) is 6.54 Å². The van der Waals surface area contributed by atoms with Crippen molar-refractivity contribution in [3.63, 3.8) is 0 Å². The van der Waals surface area contributed by atoms with Gasteiger partial charge < -0.3 is 10.1 Å². The van der Waals surface area contributed by atoms with Crippen LogP contribution in [0.15, 0.2) is 73.2 Å². The Labute approximate surface area is 191 Å². The predicted octanol–water partition coefficient (Wildman–Crippen LogP) is 3.66. The summed E-state index contributed by atoms with van der Waals surface area (Å²) < 4.78 is 1.74. The van der Waals surface area contributed by atoms with Crippen molar-refractivity contribution in [2.45, 2.75) is 19.5 Å². The van der Waals surface area contributed by atoms with Gasteiger partial charge in [-0.1, -0.05) is 36.4 Å². The van der Waals surface area contributed by atoms with Gasteiger partial charge in [-0.05, 0) is 43.8 Å². The molecule has 5 rings (SSSR count). The Balaban J connectivity index is 1.54. The zero-order chi connectivity index (χ0) is 22.8. The van der Waals surface area contributed by atoms with Crippen LogP contribution in [0.5, 0.6) is 0 Å². The molecule has 0 unspecified atom stereocenters. The molecule has 5 aromatic rings. The largest absolute Gasteiger partial charge is 0.394 e. The van der Waals surface area contributed by atoms with Crippen LogP contribution in [0.3, 0.4) is 0 Å². The van der Waals surface area contributed by atoms with E-state index < -0.39 is 0 Å². The fraction of sp³-hybridized carbons (Fsp3) is 0.200. The lowest BCUT2D eigenvalue weighted by molar-refractivity contribution is 0.140. The van der Waals surface area contributed by atoms with Crippen LogP contribution in [0, 0.1) is 6.92 Å². The number of aliphatic hydroxyl groups is 1. The van der Waals surface area contributed by atoms with Crippen LogP contribution in [0.25, 0.3) is 28.3 Å². The number of hydrogen-bond donors (Lipinski definition) is 2. The number of likely N-dealkylation sites (N-methyl/N-ethyl adjacent to an activating group) is 1. The quantitative estimate of drug-likeness (QED) is 0.402. The molecular weight excluding hydrogens is 414 g/mol. The minimum absolute atomic E-state index is 0.0172. The second-order valence-corrected chi connectivity index (χ2v) is 8.08. The first-order valence-corrected chi connectivity index (χ1v) is 10.8. The molecule has 1 aromatic carbocycles. The number of H-pyrrole nitrogens is 1. The van der Waals surface area contributed by atoms with E-state index in [0.717, 1.165) is 45.4 Å². The minimum atomic E-state index is -0.133. The minimum Gasteiger partial charge on any atom is -0.394 e.